The van der Waals surface area contributed by atoms with Crippen molar-refractivity contribution in [2.75, 3.05) is 58.1 Å². The van der Waals surface area contributed by atoms with Crippen LogP contribution in [0.4, 0.5) is 16.7 Å². The van der Waals surface area contributed by atoms with Crippen molar-refractivity contribution in [2.24, 2.45) is 5.73 Å². The standard InChI is InChI=1S/C22H29N5O6.C20H27N5O4/c1-13-18(19(29)27-17(20(30)32-3)12-24-22(31)33-4)14(2)26-21(25-13)23-10-6-8-15-7-5-9-16(28)11-15;1-12-17(18(27)25-16(11-21)19(28)29-3)13(2)24-20(23-12)22-9-5-7-14-6-4-8-15(26)10-14/h5,7,9,11,17,28H,6,8,10,12H2,1-4H3,(H,24,31)(H,27,29)(H,23,25,26);4,6,8,10,16,26H,5,7,9,11,21H2,1-3H3,(H,25,27)(H,22,23,24)/t17-;16-/m00/s1. The van der Waals surface area contributed by atoms with Gasteiger partial charge in [0.05, 0.1) is 61.8 Å². The lowest BCUT2D eigenvalue weighted by Gasteiger charge is -2.18. The number of hydrogen-bond donors (Lipinski definition) is 8. The molecule has 2 atom stereocenters. The number of nitrogens with two attached hydrogens (primary N) is 1. The van der Waals surface area contributed by atoms with Crippen LogP contribution in [-0.4, -0.2) is 120 Å². The highest BCUT2D eigenvalue weighted by Gasteiger charge is 2.26. The van der Waals surface area contributed by atoms with Gasteiger partial charge >= 0.3 is 18.0 Å². The number of carbonyl (C=O) groups excluding carboxylic acids is 5. The molecular weight excluding hydrogens is 805 g/mol. The summed E-state index contributed by atoms with van der Waals surface area (Å²) in [5, 5.41) is 32.7. The number of ether oxygens (including phenoxy) is 3. The summed E-state index contributed by atoms with van der Waals surface area (Å²) >= 11 is 0. The minimum atomic E-state index is -1.12. The summed E-state index contributed by atoms with van der Waals surface area (Å²) in [5.74, 6) is -1.07. The molecule has 334 valence electrons. The number of aromatic nitrogens is 4. The van der Waals surface area contributed by atoms with Gasteiger partial charge in [0.2, 0.25) is 11.9 Å². The molecule has 0 unspecified atom stereocenters. The van der Waals surface area contributed by atoms with Crippen molar-refractivity contribution < 1.29 is 48.4 Å². The molecule has 0 spiro atoms. The molecule has 0 saturated carbocycles. The first kappa shape index (κ1) is 49.3. The molecule has 3 amide bonds. The number of rotatable bonds is 19. The first-order chi connectivity index (χ1) is 29.6. The van der Waals surface area contributed by atoms with Gasteiger partial charge in [-0.05, 0) is 88.8 Å². The van der Waals surface area contributed by atoms with Crippen molar-refractivity contribution in [3.8, 4) is 11.5 Å². The molecule has 0 aliphatic heterocycles. The molecule has 0 fully saturated rings. The molecule has 2 aromatic heterocycles. The van der Waals surface area contributed by atoms with E-state index >= 15 is 0 Å². The van der Waals surface area contributed by atoms with Gasteiger partial charge in [-0.1, -0.05) is 24.3 Å². The van der Waals surface area contributed by atoms with E-state index in [0.717, 1.165) is 36.8 Å². The van der Waals surface area contributed by atoms with Crippen LogP contribution < -0.4 is 32.3 Å². The second-order valence-electron chi connectivity index (χ2n) is 13.8. The van der Waals surface area contributed by atoms with Crippen LogP contribution in [0, 0.1) is 27.7 Å². The number of phenols is 2. The SMILES string of the molecule is COC(=O)NC[C@H](NC(=O)c1c(C)nc(NCCCc2cccc(O)c2)nc1C)C(=O)OC.COC(=O)[C@H](CN)NC(=O)c1c(C)nc(NCCCc2cccc(O)c2)nc1C. The Bertz CT molecular complexity index is 2120. The van der Waals surface area contributed by atoms with E-state index in [0.29, 0.717) is 53.3 Å². The van der Waals surface area contributed by atoms with Crippen LogP contribution in [0.5, 0.6) is 11.5 Å². The highest BCUT2D eigenvalue weighted by Crippen LogP contribution is 2.17. The number of aromatic hydroxyl groups is 2. The van der Waals surface area contributed by atoms with E-state index in [4.69, 9.17) is 5.73 Å². The summed E-state index contributed by atoms with van der Waals surface area (Å²) in [6.07, 6.45) is 2.45. The van der Waals surface area contributed by atoms with Gasteiger partial charge in [-0.2, -0.15) is 0 Å². The second-order valence-corrected chi connectivity index (χ2v) is 13.8. The second kappa shape index (κ2) is 24.9. The quantitative estimate of drug-likeness (QED) is 0.0382. The number of methoxy groups -OCH3 is 3. The van der Waals surface area contributed by atoms with E-state index in [1.165, 1.54) is 21.3 Å². The van der Waals surface area contributed by atoms with Crippen LogP contribution in [0.3, 0.4) is 0 Å². The summed E-state index contributed by atoms with van der Waals surface area (Å²) in [4.78, 5) is 77.6. The molecule has 4 aromatic rings. The van der Waals surface area contributed by atoms with Crippen molar-refractivity contribution in [1.29, 1.82) is 0 Å². The molecule has 2 heterocycles. The van der Waals surface area contributed by atoms with Gasteiger partial charge < -0.3 is 56.7 Å². The van der Waals surface area contributed by atoms with Crippen molar-refractivity contribution in [2.45, 2.75) is 65.5 Å². The van der Waals surface area contributed by atoms with Gasteiger partial charge in [-0.15, -0.1) is 0 Å². The zero-order valence-electron chi connectivity index (χ0n) is 36.0. The highest BCUT2D eigenvalue weighted by molar-refractivity contribution is 5.99. The van der Waals surface area contributed by atoms with Crippen LogP contribution in [0.1, 0.15) is 67.5 Å². The smallest absolute Gasteiger partial charge is 0.406 e. The monoisotopic (exact) mass is 860 g/mol. The maximum atomic E-state index is 12.8. The molecule has 0 radical (unpaired) electrons. The molecule has 62 heavy (non-hydrogen) atoms. The largest absolute Gasteiger partial charge is 0.508 e. The average molecular weight is 861 g/mol. The fourth-order valence-corrected chi connectivity index (χ4v) is 6.07. The lowest BCUT2D eigenvalue weighted by molar-refractivity contribution is -0.143. The number of nitrogens with zero attached hydrogens (tertiary/aromatic N) is 4. The fourth-order valence-electron chi connectivity index (χ4n) is 6.07. The number of esters is 2. The zero-order valence-corrected chi connectivity index (χ0v) is 36.0. The molecule has 0 bridgehead atoms. The summed E-state index contributed by atoms with van der Waals surface area (Å²) < 4.78 is 13.8. The van der Waals surface area contributed by atoms with Crippen LogP contribution in [-0.2, 0) is 36.6 Å². The lowest BCUT2D eigenvalue weighted by Crippen LogP contribution is -2.49. The maximum Gasteiger partial charge on any atom is 0.406 e. The number of amides is 3. The Balaban J connectivity index is 0.000000333. The fraction of sp³-hybridized carbons (Fsp3) is 0.405. The number of phenolic OH excluding ortho intramolecular Hbond substituents is 2. The molecule has 0 saturated heterocycles. The van der Waals surface area contributed by atoms with Crippen LogP contribution in [0.2, 0.25) is 0 Å². The Morgan fingerprint density at radius 1 is 0.629 bits per heavy atom. The number of hydrogen-bond acceptors (Lipinski definition) is 17. The van der Waals surface area contributed by atoms with Crippen LogP contribution in [0.25, 0.3) is 0 Å². The summed E-state index contributed by atoms with van der Waals surface area (Å²) in [7, 11) is 3.60. The van der Waals surface area contributed by atoms with Gasteiger partial charge in [0.1, 0.15) is 23.6 Å². The van der Waals surface area contributed by atoms with Crippen molar-refractivity contribution in [3.05, 3.63) is 93.6 Å². The van der Waals surface area contributed by atoms with Gasteiger partial charge in [-0.3, -0.25) is 9.59 Å². The first-order valence-electron chi connectivity index (χ1n) is 19.6. The Hall–Kier alpha value is -7.09. The van der Waals surface area contributed by atoms with Crippen LogP contribution >= 0.6 is 0 Å². The van der Waals surface area contributed by atoms with E-state index in [1.807, 2.05) is 18.2 Å². The Labute approximate surface area is 359 Å². The predicted molar refractivity (Wildman–Crippen MR) is 229 cm³/mol. The van der Waals surface area contributed by atoms with Crippen molar-refractivity contribution in [1.82, 2.24) is 35.9 Å². The topological polar surface area (TPSA) is 291 Å². The highest BCUT2D eigenvalue weighted by atomic mass is 16.5. The van der Waals surface area contributed by atoms with Crippen molar-refractivity contribution in [3.63, 3.8) is 0 Å². The third-order valence-electron chi connectivity index (χ3n) is 9.12. The summed E-state index contributed by atoms with van der Waals surface area (Å²) in [6, 6.07) is 12.2. The lowest BCUT2D eigenvalue weighted by atomic mass is 10.1. The third kappa shape index (κ3) is 15.5. The summed E-state index contributed by atoms with van der Waals surface area (Å²) in [6.45, 7) is 7.71. The van der Waals surface area contributed by atoms with E-state index in [2.05, 4.69) is 60.7 Å². The number of aryl methyl sites for hydroxylation is 6. The van der Waals surface area contributed by atoms with Crippen LogP contribution in [0.15, 0.2) is 48.5 Å². The van der Waals surface area contributed by atoms with Gasteiger partial charge in [0, 0.05) is 19.6 Å². The maximum absolute atomic E-state index is 12.8. The number of nitrogens with one attached hydrogen (secondary N) is 5. The third-order valence-corrected chi connectivity index (χ3v) is 9.12. The minimum Gasteiger partial charge on any atom is -0.508 e. The molecule has 0 aliphatic rings. The molecule has 2 aromatic carbocycles. The Morgan fingerprint density at radius 3 is 1.40 bits per heavy atom. The van der Waals surface area contributed by atoms with E-state index < -0.39 is 41.9 Å². The Kier molecular flexibility index (Phi) is 19.8. The molecule has 4 rings (SSSR count). The molecular formula is C42H56N10O10. The molecule has 0 aliphatic carbocycles. The predicted octanol–water partition coefficient (Wildman–Crippen LogP) is 2.54. The number of carbonyl (C=O) groups is 5. The van der Waals surface area contributed by atoms with Gasteiger partial charge in [-0.25, -0.2) is 34.3 Å². The molecule has 9 N–H and O–H groups in total. The molecule has 20 nitrogen and oxygen atoms in total. The average Bonchev–Trinajstić information content (AvgIpc) is 3.23. The summed E-state index contributed by atoms with van der Waals surface area (Å²) in [5.41, 5.74) is 9.98. The first-order valence-corrected chi connectivity index (χ1v) is 19.6. The van der Waals surface area contributed by atoms with Gasteiger partial charge in [0.25, 0.3) is 11.8 Å². The Morgan fingerprint density at radius 2 is 1.03 bits per heavy atom. The van der Waals surface area contributed by atoms with Gasteiger partial charge in [0.15, 0.2) is 0 Å². The van der Waals surface area contributed by atoms with E-state index in [1.54, 1.807) is 58.0 Å². The number of alkyl carbamates (subject to hydrolysis) is 1. The number of benzene rings is 2. The molecule has 20 heteroatoms. The van der Waals surface area contributed by atoms with E-state index in [-0.39, 0.29) is 30.2 Å². The number of anilines is 2. The normalized spacial score (nSPS) is 11.4. The zero-order chi connectivity index (χ0) is 45.8. The van der Waals surface area contributed by atoms with Crippen molar-refractivity contribution >= 4 is 41.7 Å². The van der Waals surface area contributed by atoms with E-state index in [9.17, 15) is 34.2 Å². The minimum absolute atomic E-state index is 0.0732.